The summed E-state index contributed by atoms with van der Waals surface area (Å²) in [7, 11) is 0. The first-order valence-electron chi connectivity index (χ1n) is 8.64. The van der Waals surface area contributed by atoms with Gasteiger partial charge in [-0.25, -0.2) is 4.39 Å². The van der Waals surface area contributed by atoms with E-state index in [-0.39, 0.29) is 40.0 Å². The number of hydrogen-bond donors (Lipinski definition) is 1. The minimum atomic E-state index is -0.586. The fourth-order valence-electron chi connectivity index (χ4n) is 4.29. The SMILES string of the molecule is Cc1cc(C(=O)CC23CC(NC(=O)COc4ccc(Cl)c(F)c4)(C2)C3)sn1. The van der Waals surface area contributed by atoms with Gasteiger partial charge in [0.15, 0.2) is 12.4 Å². The van der Waals surface area contributed by atoms with E-state index < -0.39 is 5.82 Å². The number of aryl methyl sites for hydroxylation is 1. The molecule has 3 aliphatic rings. The highest BCUT2D eigenvalue weighted by atomic mass is 35.5. The summed E-state index contributed by atoms with van der Waals surface area (Å²) < 4.78 is 22.8. The van der Waals surface area contributed by atoms with Gasteiger partial charge in [-0.1, -0.05) is 11.6 Å². The maximum absolute atomic E-state index is 13.4. The van der Waals surface area contributed by atoms with E-state index in [1.54, 1.807) is 0 Å². The highest BCUT2D eigenvalue weighted by Crippen LogP contribution is 2.69. The summed E-state index contributed by atoms with van der Waals surface area (Å²) in [5, 5.41) is 3.00. The van der Waals surface area contributed by atoms with Crippen molar-refractivity contribution in [1.82, 2.24) is 9.69 Å². The number of halogens is 2. The Kier molecular flexibility index (Phi) is 4.47. The standard InChI is InChI=1S/C19H18ClFN2O3S/c1-11-4-16(27-23-11)15(24)6-18-8-19(9-18,10-18)22-17(25)7-26-12-2-3-13(20)14(21)5-12/h2-5H,6-10H2,1H3,(H,22,25). The predicted molar refractivity (Wildman–Crippen MR) is 99.9 cm³/mol. The molecular weight excluding hydrogens is 391 g/mol. The lowest BCUT2D eigenvalue weighted by atomic mass is 9.38. The lowest BCUT2D eigenvalue weighted by molar-refractivity contribution is -0.164. The van der Waals surface area contributed by atoms with Gasteiger partial charge in [0.25, 0.3) is 5.91 Å². The number of carbonyl (C=O) groups is 2. The molecule has 3 aliphatic carbocycles. The monoisotopic (exact) mass is 408 g/mol. The number of amides is 1. The summed E-state index contributed by atoms with van der Waals surface area (Å²) in [6, 6.07) is 5.88. The Morgan fingerprint density at radius 2 is 2.07 bits per heavy atom. The number of carbonyl (C=O) groups excluding carboxylic acids is 2. The average Bonchev–Trinajstić information content (AvgIpc) is 2.99. The molecule has 3 fully saturated rings. The molecule has 1 heterocycles. The van der Waals surface area contributed by atoms with E-state index in [1.165, 1.54) is 23.7 Å². The number of nitrogens with zero attached hydrogens (tertiary/aromatic N) is 1. The highest BCUT2D eigenvalue weighted by molar-refractivity contribution is 7.08. The molecule has 0 unspecified atom stereocenters. The summed E-state index contributed by atoms with van der Waals surface area (Å²) >= 11 is 6.86. The smallest absolute Gasteiger partial charge is 0.258 e. The molecule has 8 heteroatoms. The molecule has 1 aromatic carbocycles. The van der Waals surface area contributed by atoms with Crippen LogP contribution in [-0.4, -0.2) is 28.2 Å². The Labute approximate surface area is 165 Å². The van der Waals surface area contributed by atoms with Crippen molar-refractivity contribution in [2.45, 2.75) is 38.1 Å². The molecule has 1 amide bonds. The van der Waals surface area contributed by atoms with E-state index in [9.17, 15) is 14.0 Å². The van der Waals surface area contributed by atoms with Gasteiger partial charge in [0.05, 0.1) is 15.6 Å². The summed E-state index contributed by atoms with van der Waals surface area (Å²) in [5.41, 5.74) is 0.670. The molecule has 2 bridgehead atoms. The second-order valence-electron chi connectivity index (χ2n) is 7.66. The Morgan fingerprint density at radius 1 is 1.33 bits per heavy atom. The molecule has 2 aromatic rings. The van der Waals surface area contributed by atoms with Gasteiger partial charge in [0.1, 0.15) is 11.6 Å². The molecule has 0 radical (unpaired) electrons. The minimum Gasteiger partial charge on any atom is -0.484 e. The fourth-order valence-corrected chi connectivity index (χ4v) is 5.10. The van der Waals surface area contributed by atoms with Crippen LogP contribution in [0.4, 0.5) is 4.39 Å². The molecule has 142 valence electrons. The summed E-state index contributed by atoms with van der Waals surface area (Å²) in [6.45, 7) is 1.69. The molecule has 5 rings (SSSR count). The van der Waals surface area contributed by atoms with E-state index in [2.05, 4.69) is 9.69 Å². The zero-order valence-electron chi connectivity index (χ0n) is 14.7. The molecule has 0 aliphatic heterocycles. The van der Waals surface area contributed by atoms with Crippen LogP contribution < -0.4 is 10.1 Å². The van der Waals surface area contributed by atoms with Crippen molar-refractivity contribution in [3.05, 3.63) is 45.7 Å². The van der Waals surface area contributed by atoms with Gasteiger partial charge in [-0.2, -0.15) is 4.37 Å². The lowest BCUT2D eigenvalue weighted by Crippen LogP contribution is -2.75. The van der Waals surface area contributed by atoms with Gasteiger partial charge >= 0.3 is 0 Å². The van der Waals surface area contributed by atoms with Gasteiger partial charge in [0.2, 0.25) is 0 Å². The third-order valence-corrected chi connectivity index (χ3v) is 6.47. The molecule has 0 spiro atoms. The van der Waals surface area contributed by atoms with Crippen LogP contribution in [0.3, 0.4) is 0 Å². The Bertz CT molecular complexity index is 910. The zero-order valence-corrected chi connectivity index (χ0v) is 16.3. The van der Waals surface area contributed by atoms with E-state index >= 15 is 0 Å². The molecule has 27 heavy (non-hydrogen) atoms. The molecular formula is C19H18ClFN2O3S. The van der Waals surface area contributed by atoms with Crippen LogP contribution in [0.15, 0.2) is 24.3 Å². The van der Waals surface area contributed by atoms with Gasteiger partial charge in [-0.3, -0.25) is 9.59 Å². The molecule has 3 saturated carbocycles. The van der Waals surface area contributed by atoms with Crippen LogP contribution in [-0.2, 0) is 4.79 Å². The van der Waals surface area contributed by atoms with E-state index in [0.29, 0.717) is 11.3 Å². The number of Topliss-reactive ketones (excluding diaryl/α,β-unsaturated/α-hetero) is 1. The fraction of sp³-hybridized carbons (Fsp3) is 0.421. The number of ether oxygens (including phenoxy) is 1. The van der Waals surface area contributed by atoms with Crippen molar-refractivity contribution in [3.63, 3.8) is 0 Å². The van der Waals surface area contributed by atoms with Gasteiger partial charge < -0.3 is 10.1 Å². The molecule has 5 nitrogen and oxygen atoms in total. The van der Waals surface area contributed by atoms with Gasteiger partial charge in [-0.05, 0) is 61.3 Å². The average molecular weight is 409 g/mol. The first kappa shape index (κ1) is 18.4. The molecule has 1 aromatic heterocycles. The highest BCUT2D eigenvalue weighted by Gasteiger charge is 2.68. The molecule has 1 N–H and O–H groups in total. The summed E-state index contributed by atoms with van der Waals surface area (Å²) in [4.78, 5) is 25.2. The van der Waals surface area contributed by atoms with E-state index in [0.717, 1.165) is 31.0 Å². The van der Waals surface area contributed by atoms with Crippen molar-refractivity contribution < 1.29 is 18.7 Å². The number of aromatic nitrogens is 1. The second-order valence-corrected chi connectivity index (χ2v) is 8.87. The van der Waals surface area contributed by atoms with Gasteiger partial charge in [-0.15, -0.1) is 0 Å². The summed E-state index contributed by atoms with van der Waals surface area (Å²) in [5.74, 6) is -0.445. The van der Waals surface area contributed by atoms with Crippen molar-refractivity contribution in [2.24, 2.45) is 5.41 Å². The zero-order chi connectivity index (χ0) is 19.2. The van der Waals surface area contributed by atoms with Crippen LogP contribution in [0.25, 0.3) is 0 Å². The van der Waals surface area contributed by atoms with Crippen molar-refractivity contribution in [1.29, 1.82) is 0 Å². The first-order chi connectivity index (χ1) is 12.8. The van der Waals surface area contributed by atoms with Crippen molar-refractivity contribution in [2.75, 3.05) is 6.61 Å². The third-order valence-electron chi connectivity index (χ3n) is 5.24. The largest absolute Gasteiger partial charge is 0.484 e. The van der Waals surface area contributed by atoms with E-state index in [1.807, 2.05) is 13.0 Å². The van der Waals surface area contributed by atoms with Crippen LogP contribution in [0.5, 0.6) is 5.75 Å². The topological polar surface area (TPSA) is 68.3 Å². The maximum atomic E-state index is 13.4. The Morgan fingerprint density at radius 3 is 2.70 bits per heavy atom. The quantitative estimate of drug-likeness (QED) is 0.705. The van der Waals surface area contributed by atoms with E-state index in [4.69, 9.17) is 16.3 Å². The summed E-state index contributed by atoms with van der Waals surface area (Å²) in [6.07, 6.45) is 2.94. The van der Waals surface area contributed by atoms with Crippen LogP contribution in [0, 0.1) is 18.2 Å². The number of rotatable bonds is 7. The lowest BCUT2D eigenvalue weighted by Gasteiger charge is -2.70. The Balaban J connectivity index is 1.23. The number of nitrogens with one attached hydrogen (secondary N) is 1. The number of ketones is 1. The van der Waals surface area contributed by atoms with Crippen molar-refractivity contribution in [3.8, 4) is 5.75 Å². The van der Waals surface area contributed by atoms with Crippen LogP contribution >= 0.6 is 23.1 Å². The van der Waals surface area contributed by atoms with Gasteiger partial charge in [0, 0.05) is 18.0 Å². The number of benzene rings is 1. The van der Waals surface area contributed by atoms with Crippen LogP contribution in [0.2, 0.25) is 5.02 Å². The second kappa shape index (κ2) is 6.56. The molecule has 0 atom stereocenters. The van der Waals surface area contributed by atoms with Crippen LogP contribution in [0.1, 0.15) is 41.0 Å². The Hall–Kier alpha value is -1.99. The normalized spacial score (nSPS) is 25.3. The minimum absolute atomic E-state index is 0.00834. The molecule has 0 saturated heterocycles. The number of hydrogen-bond acceptors (Lipinski definition) is 5. The van der Waals surface area contributed by atoms with Crippen molar-refractivity contribution >= 4 is 34.8 Å². The predicted octanol–water partition coefficient (Wildman–Crippen LogP) is 3.93. The maximum Gasteiger partial charge on any atom is 0.258 e. The first-order valence-corrected chi connectivity index (χ1v) is 9.79. The third kappa shape index (κ3) is 3.58.